The average Bonchev–Trinajstić information content (AvgIpc) is 3.19. The van der Waals surface area contributed by atoms with Crippen LogP contribution < -0.4 is 21.9 Å². The van der Waals surface area contributed by atoms with Crippen LogP contribution in [0.2, 0.25) is 5.02 Å². The summed E-state index contributed by atoms with van der Waals surface area (Å²) in [6.45, 7) is 5.05. The van der Waals surface area contributed by atoms with E-state index in [9.17, 15) is 14.9 Å². The molecular weight excluding hydrogens is 513 g/mol. The summed E-state index contributed by atoms with van der Waals surface area (Å²) >= 11 is 7.87. The highest BCUT2D eigenvalue weighted by atomic mass is 35.5. The van der Waals surface area contributed by atoms with Crippen molar-refractivity contribution in [2.75, 3.05) is 37.8 Å². The van der Waals surface area contributed by atoms with Crippen LogP contribution >= 0.6 is 22.9 Å². The number of rotatable bonds is 8. The van der Waals surface area contributed by atoms with Gasteiger partial charge in [-0.2, -0.15) is 4.57 Å². The zero-order valence-electron chi connectivity index (χ0n) is 19.1. The van der Waals surface area contributed by atoms with Crippen molar-refractivity contribution in [3.63, 3.8) is 0 Å². The second-order valence-electron chi connectivity index (χ2n) is 7.90. The van der Waals surface area contributed by atoms with Crippen molar-refractivity contribution in [1.29, 1.82) is 0 Å². The first kappa shape index (κ1) is 26.9. The molecule has 0 spiro atoms. The summed E-state index contributed by atoms with van der Waals surface area (Å²) < 4.78 is 12.9. The standard InChI is InChI=1S/C24H25ClN3O5S.ClH/c1-17-23(34-16-27(17)15-19-4-2-3-5-20(19)25)8-11-33-24(29)18-6-7-21(22(14-18)28(30)31)26-9-12-32-13-10-26;/h2-7,14,16H,8-13,15H2,1H3;1H/q+1;/p-1. The molecule has 3 aromatic rings. The number of anilines is 1. The summed E-state index contributed by atoms with van der Waals surface area (Å²) in [7, 11) is 0. The Morgan fingerprint density at radius 1 is 1.26 bits per heavy atom. The maximum atomic E-state index is 12.6. The first-order chi connectivity index (χ1) is 16.4. The second-order valence-corrected chi connectivity index (χ2v) is 9.24. The number of hydrogen-bond donors (Lipinski definition) is 0. The zero-order chi connectivity index (χ0) is 24.1. The summed E-state index contributed by atoms with van der Waals surface area (Å²) in [4.78, 5) is 26.7. The van der Waals surface area contributed by atoms with E-state index in [0.717, 1.165) is 21.2 Å². The molecule has 0 bridgehead atoms. The van der Waals surface area contributed by atoms with Gasteiger partial charge in [-0.3, -0.25) is 10.1 Å². The molecule has 1 aliphatic rings. The fourth-order valence-corrected chi connectivity index (χ4v) is 5.02. The Hall–Kier alpha value is -2.72. The Kier molecular flexibility index (Phi) is 9.45. The Morgan fingerprint density at radius 3 is 2.71 bits per heavy atom. The number of esters is 1. The van der Waals surface area contributed by atoms with Crippen LogP contribution in [0.3, 0.4) is 0 Å². The van der Waals surface area contributed by atoms with Gasteiger partial charge in [0, 0.05) is 38.1 Å². The van der Waals surface area contributed by atoms with E-state index in [1.165, 1.54) is 6.07 Å². The fraction of sp³-hybridized carbons (Fsp3) is 0.333. The Morgan fingerprint density at radius 2 is 2.00 bits per heavy atom. The van der Waals surface area contributed by atoms with Gasteiger partial charge in [0.2, 0.25) is 5.51 Å². The molecule has 0 radical (unpaired) electrons. The Labute approximate surface area is 218 Å². The number of ether oxygens (including phenoxy) is 2. The van der Waals surface area contributed by atoms with Crippen molar-refractivity contribution in [3.8, 4) is 0 Å². The molecule has 1 aliphatic heterocycles. The third-order valence-corrected chi connectivity index (χ3v) is 7.29. The van der Waals surface area contributed by atoms with Crippen molar-refractivity contribution in [2.24, 2.45) is 0 Å². The van der Waals surface area contributed by atoms with Crippen LogP contribution in [0.5, 0.6) is 0 Å². The van der Waals surface area contributed by atoms with Crippen molar-refractivity contribution in [2.45, 2.75) is 19.9 Å². The molecule has 0 N–H and O–H groups in total. The molecule has 0 amide bonds. The van der Waals surface area contributed by atoms with E-state index in [0.29, 0.717) is 45.0 Å². The van der Waals surface area contributed by atoms with E-state index >= 15 is 0 Å². The van der Waals surface area contributed by atoms with Gasteiger partial charge in [0.1, 0.15) is 5.69 Å². The number of morpholine rings is 1. The molecule has 0 saturated carbocycles. The predicted molar refractivity (Wildman–Crippen MR) is 130 cm³/mol. The van der Waals surface area contributed by atoms with Crippen molar-refractivity contribution in [3.05, 3.63) is 84.8 Å². The lowest BCUT2D eigenvalue weighted by Gasteiger charge is -2.28. The number of halogens is 2. The van der Waals surface area contributed by atoms with Gasteiger partial charge in [0.15, 0.2) is 12.2 Å². The molecule has 1 saturated heterocycles. The first-order valence-electron chi connectivity index (χ1n) is 10.9. The minimum absolute atomic E-state index is 0. The highest BCUT2D eigenvalue weighted by Crippen LogP contribution is 2.30. The van der Waals surface area contributed by atoms with Crippen molar-refractivity contribution < 1.29 is 36.2 Å². The van der Waals surface area contributed by atoms with E-state index in [1.54, 1.807) is 23.5 Å². The summed E-state index contributed by atoms with van der Waals surface area (Å²) in [6, 6.07) is 12.2. The van der Waals surface area contributed by atoms with E-state index in [1.807, 2.05) is 41.6 Å². The van der Waals surface area contributed by atoms with Crippen LogP contribution in [-0.2, 0) is 22.4 Å². The molecule has 0 aliphatic carbocycles. The van der Waals surface area contributed by atoms with Crippen LogP contribution in [0.15, 0.2) is 48.0 Å². The highest BCUT2D eigenvalue weighted by Gasteiger charge is 2.24. The summed E-state index contributed by atoms with van der Waals surface area (Å²) in [6.07, 6.45) is 0.561. The van der Waals surface area contributed by atoms with Gasteiger partial charge >= 0.3 is 5.97 Å². The maximum absolute atomic E-state index is 12.6. The molecule has 11 heteroatoms. The number of nitro benzene ring substituents is 1. The molecular formula is C24H25Cl2N3O5S. The third kappa shape index (κ3) is 6.49. The summed E-state index contributed by atoms with van der Waals surface area (Å²) in [5.41, 5.74) is 4.71. The molecule has 8 nitrogen and oxygen atoms in total. The van der Waals surface area contributed by atoms with Crippen LogP contribution in [0, 0.1) is 17.0 Å². The lowest BCUT2D eigenvalue weighted by atomic mass is 10.1. The molecule has 0 atom stereocenters. The van der Waals surface area contributed by atoms with Gasteiger partial charge in [-0.25, -0.2) is 4.79 Å². The number of thiazole rings is 1. The quantitative estimate of drug-likeness (QED) is 0.186. The van der Waals surface area contributed by atoms with Gasteiger partial charge in [-0.05, 0) is 18.2 Å². The van der Waals surface area contributed by atoms with E-state index in [4.69, 9.17) is 21.1 Å². The normalized spacial score (nSPS) is 13.3. The molecule has 2 heterocycles. The van der Waals surface area contributed by atoms with Crippen LogP contribution in [-0.4, -0.2) is 43.8 Å². The van der Waals surface area contributed by atoms with Gasteiger partial charge in [-0.1, -0.05) is 41.1 Å². The number of carbonyl (C=O) groups excluding carboxylic acids is 1. The largest absolute Gasteiger partial charge is 1.00 e. The molecule has 186 valence electrons. The Bertz CT molecular complexity index is 1200. The van der Waals surface area contributed by atoms with E-state index in [-0.39, 0.29) is 30.3 Å². The Balaban J connectivity index is 0.00000342. The summed E-state index contributed by atoms with van der Waals surface area (Å²) in [5.74, 6) is -0.574. The van der Waals surface area contributed by atoms with Crippen LogP contribution in [0.4, 0.5) is 11.4 Å². The second kappa shape index (κ2) is 12.3. The SMILES string of the molecule is Cc1c(CCOC(=O)c2ccc(N3CCOCC3)c([N+](=O)[O-])c2)sc[n+]1Cc1ccccc1Cl.[Cl-]. The first-order valence-corrected chi connectivity index (χ1v) is 12.2. The number of hydrogen-bond acceptors (Lipinski definition) is 7. The molecule has 2 aromatic carbocycles. The number of benzene rings is 2. The van der Waals surface area contributed by atoms with Crippen LogP contribution in [0.25, 0.3) is 0 Å². The average molecular weight is 538 g/mol. The van der Waals surface area contributed by atoms with Gasteiger partial charge in [-0.15, -0.1) is 0 Å². The van der Waals surface area contributed by atoms with Gasteiger partial charge < -0.3 is 26.8 Å². The van der Waals surface area contributed by atoms with Gasteiger partial charge in [0.25, 0.3) is 5.69 Å². The minimum Gasteiger partial charge on any atom is -1.00 e. The highest BCUT2D eigenvalue weighted by molar-refractivity contribution is 7.09. The van der Waals surface area contributed by atoms with E-state index < -0.39 is 10.9 Å². The van der Waals surface area contributed by atoms with Crippen molar-refractivity contribution in [1.82, 2.24) is 0 Å². The summed E-state index contributed by atoms with van der Waals surface area (Å²) in [5, 5.41) is 12.3. The number of carbonyl (C=O) groups is 1. The molecule has 4 rings (SSSR count). The van der Waals surface area contributed by atoms with E-state index in [2.05, 4.69) is 4.57 Å². The topological polar surface area (TPSA) is 85.8 Å². The molecule has 1 aromatic heterocycles. The lowest BCUT2D eigenvalue weighted by Crippen LogP contribution is -3.00. The molecule has 1 fully saturated rings. The monoisotopic (exact) mass is 537 g/mol. The predicted octanol–water partition coefficient (Wildman–Crippen LogP) is 1.19. The molecule has 0 unspecified atom stereocenters. The zero-order valence-corrected chi connectivity index (χ0v) is 21.4. The minimum atomic E-state index is -0.574. The number of aromatic nitrogens is 1. The number of nitro groups is 1. The van der Waals surface area contributed by atoms with Gasteiger partial charge in [0.05, 0.1) is 40.2 Å². The maximum Gasteiger partial charge on any atom is 0.338 e. The lowest BCUT2D eigenvalue weighted by molar-refractivity contribution is -0.689. The molecule has 35 heavy (non-hydrogen) atoms. The van der Waals surface area contributed by atoms with Crippen LogP contribution in [0.1, 0.15) is 26.5 Å². The van der Waals surface area contributed by atoms with Crippen molar-refractivity contribution >= 4 is 40.3 Å². The third-order valence-electron chi connectivity index (χ3n) is 5.78. The number of nitrogens with zero attached hydrogens (tertiary/aromatic N) is 3. The smallest absolute Gasteiger partial charge is 0.338 e. The fourth-order valence-electron chi connectivity index (χ4n) is 3.85.